The molecule has 7 aromatic rings. The van der Waals surface area contributed by atoms with Gasteiger partial charge in [0.2, 0.25) is 0 Å². The molecule has 4 N–H and O–H groups in total. The first-order chi connectivity index (χ1) is 22.0. The van der Waals surface area contributed by atoms with Crippen molar-refractivity contribution in [1.29, 1.82) is 0 Å². The highest BCUT2D eigenvalue weighted by molar-refractivity contribution is 5.94. The molecule has 45 heavy (non-hydrogen) atoms. The van der Waals surface area contributed by atoms with E-state index in [0.717, 1.165) is 33.6 Å². The van der Waals surface area contributed by atoms with Gasteiger partial charge < -0.3 is 16.1 Å². The van der Waals surface area contributed by atoms with Gasteiger partial charge in [-0.1, -0.05) is 54.6 Å². The number of hydrogen-bond acceptors (Lipinski definition) is 6. The van der Waals surface area contributed by atoms with E-state index in [1.807, 2.05) is 83.4 Å². The van der Waals surface area contributed by atoms with Crippen LogP contribution in [-0.4, -0.2) is 35.2 Å². The number of H-pyrrole nitrogens is 1. The molecule has 0 radical (unpaired) electrons. The molecular formula is C35H28N8O2. The number of aryl methyl sites for hydroxylation is 1. The Morgan fingerprint density at radius 3 is 2.33 bits per heavy atom. The minimum absolute atomic E-state index is 0.122. The van der Waals surface area contributed by atoms with E-state index in [9.17, 15) is 9.59 Å². The van der Waals surface area contributed by atoms with Crippen LogP contribution in [0.1, 0.15) is 15.9 Å². The average molecular weight is 593 g/mol. The van der Waals surface area contributed by atoms with Crippen molar-refractivity contribution in [3.8, 4) is 39.5 Å². The zero-order chi connectivity index (χ0) is 30.9. The Bertz CT molecular complexity index is 2210. The first-order valence-corrected chi connectivity index (χ1v) is 14.3. The molecule has 3 aromatic carbocycles. The van der Waals surface area contributed by atoms with Crippen LogP contribution >= 0.6 is 0 Å². The number of carbonyl (C=O) groups excluding carboxylic acids is 1. The predicted octanol–water partition coefficient (Wildman–Crippen LogP) is 5.36. The third-order valence-corrected chi connectivity index (χ3v) is 7.70. The van der Waals surface area contributed by atoms with Gasteiger partial charge >= 0.3 is 0 Å². The molecule has 0 spiro atoms. The highest BCUT2D eigenvalue weighted by atomic mass is 16.1. The summed E-state index contributed by atoms with van der Waals surface area (Å²) in [5, 5.41) is 5.84. The molecule has 7 rings (SSSR count). The van der Waals surface area contributed by atoms with Gasteiger partial charge in [-0.05, 0) is 59.7 Å². The Kier molecular flexibility index (Phi) is 6.99. The fourth-order valence-electron chi connectivity index (χ4n) is 5.28. The number of nitrogens with zero attached hydrogens (tertiary/aromatic N) is 5. The SMILES string of the molecule is Cn1[nH]cc(-c2ccc(C(=O)NCc3ccc(-n4c(-c5cccnc5N)nc5ccc(-c6ccccc6)nc54)cc3)cc2)c1=O. The summed E-state index contributed by atoms with van der Waals surface area (Å²) in [5.41, 5.74) is 13.7. The Labute approximate surface area is 257 Å². The zero-order valence-electron chi connectivity index (χ0n) is 24.3. The van der Waals surface area contributed by atoms with Crippen LogP contribution in [0.2, 0.25) is 0 Å². The lowest BCUT2D eigenvalue weighted by Gasteiger charge is -2.12. The number of hydrogen-bond donors (Lipinski definition) is 3. The van der Waals surface area contributed by atoms with Crippen LogP contribution in [0.4, 0.5) is 5.82 Å². The van der Waals surface area contributed by atoms with Crippen LogP contribution in [0.15, 0.2) is 120 Å². The van der Waals surface area contributed by atoms with Gasteiger partial charge in [0.15, 0.2) is 11.5 Å². The fourth-order valence-corrected chi connectivity index (χ4v) is 5.28. The van der Waals surface area contributed by atoms with Gasteiger partial charge in [0.25, 0.3) is 11.5 Å². The maximum absolute atomic E-state index is 12.9. The van der Waals surface area contributed by atoms with Gasteiger partial charge in [0, 0.05) is 42.8 Å². The maximum atomic E-state index is 12.9. The molecule has 10 nitrogen and oxygen atoms in total. The lowest BCUT2D eigenvalue weighted by Crippen LogP contribution is -2.22. The van der Waals surface area contributed by atoms with Crippen molar-refractivity contribution in [3.63, 3.8) is 0 Å². The van der Waals surface area contributed by atoms with E-state index >= 15 is 0 Å². The molecule has 0 unspecified atom stereocenters. The monoisotopic (exact) mass is 592 g/mol. The lowest BCUT2D eigenvalue weighted by atomic mass is 10.1. The van der Waals surface area contributed by atoms with E-state index in [1.165, 1.54) is 4.68 Å². The molecule has 0 saturated heterocycles. The zero-order valence-corrected chi connectivity index (χ0v) is 24.3. The standard InChI is InChI=1S/C35H28N8O2/c1-42-35(45)28(21-39-42)23-11-13-25(14-12-23)34(44)38-20-22-9-15-26(16-10-22)43-32(27-8-5-19-37-31(27)36)41-30-18-17-29(40-33(30)43)24-6-3-2-4-7-24/h2-19,21,39H,20H2,1H3,(H2,36,37)(H,38,44). The molecule has 220 valence electrons. The smallest absolute Gasteiger partial charge is 0.274 e. The number of carbonyl (C=O) groups is 1. The van der Waals surface area contributed by atoms with Gasteiger partial charge in [0.05, 0.1) is 16.8 Å². The van der Waals surface area contributed by atoms with Gasteiger partial charge in [-0.3, -0.25) is 18.8 Å². The summed E-state index contributed by atoms with van der Waals surface area (Å²) in [5.74, 6) is 0.802. The van der Waals surface area contributed by atoms with Gasteiger partial charge in [0.1, 0.15) is 11.3 Å². The molecule has 0 saturated carbocycles. The number of fused-ring (bicyclic) bond motifs is 1. The third-order valence-electron chi connectivity index (χ3n) is 7.70. The predicted molar refractivity (Wildman–Crippen MR) is 175 cm³/mol. The highest BCUT2D eigenvalue weighted by Crippen LogP contribution is 2.31. The summed E-state index contributed by atoms with van der Waals surface area (Å²) in [7, 11) is 1.66. The van der Waals surface area contributed by atoms with E-state index in [2.05, 4.69) is 15.4 Å². The first kappa shape index (κ1) is 27.5. The fraction of sp³-hybridized carbons (Fsp3) is 0.0571. The normalized spacial score (nSPS) is 11.1. The summed E-state index contributed by atoms with van der Waals surface area (Å²) in [6.07, 6.45) is 3.31. The molecule has 1 amide bonds. The number of anilines is 1. The van der Waals surface area contributed by atoms with E-state index < -0.39 is 0 Å². The number of pyridine rings is 2. The number of aromatic amines is 1. The Morgan fingerprint density at radius 1 is 0.844 bits per heavy atom. The second-order valence-corrected chi connectivity index (χ2v) is 10.6. The van der Waals surface area contributed by atoms with Crippen molar-refractivity contribution < 1.29 is 4.79 Å². The summed E-state index contributed by atoms with van der Waals surface area (Å²) in [6.45, 7) is 0.336. The Morgan fingerprint density at radius 2 is 1.62 bits per heavy atom. The van der Waals surface area contributed by atoms with Gasteiger partial charge in [-0.25, -0.2) is 15.0 Å². The first-order valence-electron chi connectivity index (χ1n) is 14.3. The van der Waals surface area contributed by atoms with Crippen molar-refractivity contribution in [3.05, 3.63) is 137 Å². The number of aromatic nitrogens is 6. The molecule has 0 fully saturated rings. The molecule has 0 aliphatic heterocycles. The van der Waals surface area contributed by atoms with Crippen molar-refractivity contribution in [2.75, 3.05) is 5.73 Å². The molecule has 4 heterocycles. The van der Waals surface area contributed by atoms with Crippen LogP contribution in [0.5, 0.6) is 0 Å². The number of nitrogens with two attached hydrogens (primary N) is 1. The summed E-state index contributed by atoms with van der Waals surface area (Å²) in [6, 6.07) is 32.5. The number of benzene rings is 3. The topological polar surface area (TPSA) is 137 Å². The number of amides is 1. The van der Waals surface area contributed by atoms with Crippen LogP contribution in [0, 0.1) is 0 Å². The number of nitrogens with one attached hydrogen (secondary N) is 2. The van der Waals surface area contributed by atoms with Crippen molar-refractivity contribution in [1.82, 2.24) is 34.6 Å². The van der Waals surface area contributed by atoms with Gasteiger partial charge in [-0.2, -0.15) is 0 Å². The largest absolute Gasteiger partial charge is 0.383 e. The summed E-state index contributed by atoms with van der Waals surface area (Å²) in [4.78, 5) is 39.3. The molecular weight excluding hydrogens is 564 g/mol. The third kappa shape index (κ3) is 5.25. The second-order valence-electron chi connectivity index (χ2n) is 10.6. The van der Waals surface area contributed by atoms with E-state index in [4.69, 9.17) is 15.7 Å². The molecule has 4 aromatic heterocycles. The number of rotatable bonds is 7. The lowest BCUT2D eigenvalue weighted by molar-refractivity contribution is 0.0951. The van der Waals surface area contributed by atoms with E-state index in [-0.39, 0.29) is 11.5 Å². The van der Waals surface area contributed by atoms with Crippen molar-refractivity contribution in [2.24, 2.45) is 7.05 Å². The highest BCUT2D eigenvalue weighted by Gasteiger charge is 2.19. The average Bonchev–Trinajstić information content (AvgIpc) is 3.63. The Hall–Kier alpha value is -6.29. The van der Waals surface area contributed by atoms with E-state index in [0.29, 0.717) is 40.5 Å². The summed E-state index contributed by atoms with van der Waals surface area (Å²) < 4.78 is 3.39. The van der Waals surface area contributed by atoms with Crippen LogP contribution in [0.3, 0.4) is 0 Å². The maximum Gasteiger partial charge on any atom is 0.274 e. The second kappa shape index (κ2) is 11.4. The van der Waals surface area contributed by atoms with E-state index in [1.54, 1.807) is 43.7 Å². The molecule has 0 atom stereocenters. The van der Waals surface area contributed by atoms with Gasteiger partial charge in [-0.15, -0.1) is 0 Å². The van der Waals surface area contributed by atoms with Crippen molar-refractivity contribution in [2.45, 2.75) is 6.54 Å². The van der Waals surface area contributed by atoms with Crippen molar-refractivity contribution >= 4 is 22.9 Å². The Balaban J connectivity index is 1.16. The minimum atomic E-state index is -0.208. The molecule has 0 aliphatic carbocycles. The number of imidazole rings is 1. The summed E-state index contributed by atoms with van der Waals surface area (Å²) >= 11 is 0. The molecule has 0 aliphatic rings. The quantitative estimate of drug-likeness (QED) is 0.228. The number of nitrogen functional groups attached to an aromatic ring is 1. The molecule has 0 bridgehead atoms. The molecule has 10 heteroatoms. The van der Waals surface area contributed by atoms with Crippen LogP contribution in [-0.2, 0) is 13.6 Å². The minimum Gasteiger partial charge on any atom is -0.383 e. The van der Waals surface area contributed by atoms with Crippen LogP contribution in [0.25, 0.3) is 50.6 Å². The van der Waals surface area contributed by atoms with Crippen LogP contribution < -0.4 is 16.6 Å².